The van der Waals surface area contributed by atoms with Crippen molar-refractivity contribution in [2.45, 2.75) is 30.9 Å². The van der Waals surface area contributed by atoms with Crippen LogP contribution in [0.5, 0.6) is 0 Å². The van der Waals surface area contributed by atoms with Gasteiger partial charge in [-0.05, 0) is 30.5 Å². The maximum atomic E-state index is 12.9. The van der Waals surface area contributed by atoms with Crippen molar-refractivity contribution in [1.29, 1.82) is 0 Å². The molecule has 0 amide bonds. The van der Waals surface area contributed by atoms with Gasteiger partial charge in [-0.2, -0.15) is 13.2 Å². The Bertz CT molecular complexity index is 354. The Morgan fingerprint density at radius 1 is 1.06 bits per heavy atom. The van der Waals surface area contributed by atoms with E-state index in [4.69, 9.17) is 5.73 Å². The van der Waals surface area contributed by atoms with E-state index in [1.165, 1.54) is 24.3 Å². The van der Waals surface area contributed by atoms with Crippen LogP contribution in [-0.2, 0) is 5.41 Å². The highest BCUT2D eigenvalue weighted by atomic mass is 35.5. The number of halogens is 4. The van der Waals surface area contributed by atoms with Crippen molar-refractivity contribution in [1.82, 2.24) is 0 Å². The second-order valence-corrected chi connectivity index (χ2v) is 4.06. The average molecular weight is 252 g/mol. The lowest BCUT2D eigenvalue weighted by atomic mass is 9.64. The minimum atomic E-state index is -4.15. The van der Waals surface area contributed by atoms with Gasteiger partial charge in [0, 0.05) is 5.69 Å². The average Bonchev–Trinajstić information content (AvgIpc) is 2.03. The van der Waals surface area contributed by atoms with Crippen molar-refractivity contribution >= 4 is 18.1 Å². The fraction of sp³-hybridized carbons (Fsp3) is 0.455. The third-order valence-electron chi connectivity index (χ3n) is 3.21. The molecule has 1 aliphatic rings. The molecule has 0 saturated heterocycles. The molecule has 2 rings (SSSR count). The maximum absolute atomic E-state index is 12.9. The van der Waals surface area contributed by atoms with E-state index in [0.717, 1.165) is 0 Å². The van der Waals surface area contributed by atoms with Crippen LogP contribution >= 0.6 is 12.4 Å². The summed E-state index contributed by atoms with van der Waals surface area (Å²) in [7, 11) is 0. The highest BCUT2D eigenvalue weighted by Gasteiger charge is 2.58. The molecule has 0 atom stereocenters. The Kier molecular flexibility index (Phi) is 3.43. The number of hydrogen-bond donors (Lipinski definition) is 1. The number of benzene rings is 1. The highest BCUT2D eigenvalue weighted by molar-refractivity contribution is 5.85. The normalized spacial score (nSPS) is 18.4. The van der Waals surface area contributed by atoms with Gasteiger partial charge in [0.15, 0.2) is 0 Å². The van der Waals surface area contributed by atoms with Crippen LogP contribution < -0.4 is 5.73 Å². The van der Waals surface area contributed by atoms with E-state index in [1.807, 2.05) is 0 Å². The summed E-state index contributed by atoms with van der Waals surface area (Å²) in [5.74, 6) is 0. The molecule has 1 fully saturated rings. The summed E-state index contributed by atoms with van der Waals surface area (Å²) in [4.78, 5) is 0. The Morgan fingerprint density at radius 2 is 1.56 bits per heavy atom. The molecular weight excluding hydrogens is 239 g/mol. The minimum absolute atomic E-state index is 0. The summed E-state index contributed by atoms with van der Waals surface area (Å²) >= 11 is 0. The van der Waals surface area contributed by atoms with E-state index in [-0.39, 0.29) is 25.2 Å². The molecule has 0 bridgehead atoms. The van der Waals surface area contributed by atoms with Crippen LogP contribution in [0.1, 0.15) is 24.8 Å². The number of alkyl halides is 3. The number of anilines is 1. The zero-order valence-corrected chi connectivity index (χ0v) is 9.37. The molecule has 2 N–H and O–H groups in total. The lowest BCUT2D eigenvalue weighted by Crippen LogP contribution is -2.47. The lowest BCUT2D eigenvalue weighted by molar-refractivity contribution is -0.212. The highest BCUT2D eigenvalue weighted by Crippen LogP contribution is 2.54. The molecule has 90 valence electrons. The summed E-state index contributed by atoms with van der Waals surface area (Å²) in [5.41, 5.74) is 4.69. The monoisotopic (exact) mass is 251 g/mol. The van der Waals surface area contributed by atoms with Crippen LogP contribution in [0.4, 0.5) is 18.9 Å². The topological polar surface area (TPSA) is 26.0 Å². The molecule has 1 aromatic rings. The van der Waals surface area contributed by atoms with Crippen molar-refractivity contribution in [3.8, 4) is 0 Å². The molecule has 0 heterocycles. The zero-order valence-electron chi connectivity index (χ0n) is 8.55. The van der Waals surface area contributed by atoms with Gasteiger partial charge in [0.2, 0.25) is 0 Å². The molecule has 0 unspecified atom stereocenters. The summed E-state index contributed by atoms with van der Waals surface area (Å²) < 4.78 is 38.7. The number of rotatable bonds is 1. The standard InChI is InChI=1S/C11H12F3N.ClH/c12-11(13,14)10(6-1-7-10)8-2-4-9(15)5-3-8;/h2-5H,1,6-7,15H2;1H. The van der Waals surface area contributed by atoms with E-state index in [0.29, 0.717) is 17.7 Å². The van der Waals surface area contributed by atoms with E-state index in [1.54, 1.807) is 0 Å². The van der Waals surface area contributed by atoms with Gasteiger partial charge in [0.05, 0.1) is 5.41 Å². The van der Waals surface area contributed by atoms with Crippen LogP contribution in [0.15, 0.2) is 24.3 Å². The van der Waals surface area contributed by atoms with Gasteiger partial charge in [-0.1, -0.05) is 18.6 Å². The third-order valence-corrected chi connectivity index (χ3v) is 3.21. The Labute approximate surface area is 98.2 Å². The van der Waals surface area contributed by atoms with Gasteiger partial charge in [-0.15, -0.1) is 12.4 Å². The predicted molar refractivity (Wildman–Crippen MR) is 59.7 cm³/mol. The molecule has 0 aliphatic heterocycles. The molecule has 1 saturated carbocycles. The molecule has 1 aromatic carbocycles. The smallest absolute Gasteiger partial charge is 0.398 e. The number of nitrogens with two attached hydrogens (primary N) is 1. The fourth-order valence-electron chi connectivity index (χ4n) is 2.07. The largest absolute Gasteiger partial charge is 0.399 e. The summed E-state index contributed by atoms with van der Waals surface area (Å²) in [6, 6.07) is 6.03. The van der Waals surface area contributed by atoms with Crippen molar-refractivity contribution < 1.29 is 13.2 Å². The van der Waals surface area contributed by atoms with Gasteiger partial charge < -0.3 is 5.73 Å². The van der Waals surface area contributed by atoms with Crippen LogP contribution in [0.3, 0.4) is 0 Å². The molecular formula is C11H13ClF3N. The van der Waals surface area contributed by atoms with Crippen LogP contribution in [-0.4, -0.2) is 6.18 Å². The molecule has 0 radical (unpaired) electrons. The van der Waals surface area contributed by atoms with Gasteiger partial charge in [-0.3, -0.25) is 0 Å². The summed E-state index contributed by atoms with van der Waals surface area (Å²) in [6.07, 6.45) is -3.12. The van der Waals surface area contributed by atoms with Crippen molar-refractivity contribution in [3.05, 3.63) is 29.8 Å². The number of nitrogen functional groups attached to an aromatic ring is 1. The quantitative estimate of drug-likeness (QED) is 0.757. The van der Waals surface area contributed by atoms with Crippen molar-refractivity contribution in [2.24, 2.45) is 0 Å². The molecule has 5 heteroatoms. The fourth-order valence-corrected chi connectivity index (χ4v) is 2.07. The first kappa shape index (κ1) is 13.2. The molecule has 0 spiro atoms. The molecule has 1 aliphatic carbocycles. The zero-order chi connectivity index (χ0) is 11.1. The first-order valence-electron chi connectivity index (χ1n) is 4.88. The second kappa shape index (κ2) is 4.17. The Balaban J connectivity index is 0.00000128. The molecule has 1 nitrogen and oxygen atoms in total. The van der Waals surface area contributed by atoms with E-state index >= 15 is 0 Å². The first-order valence-corrected chi connectivity index (χ1v) is 4.88. The van der Waals surface area contributed by atoms with Crippen LogP contribution in [0, 0.1) is 0 Å². The van der Waals surface area contributed by atoms with Gasteiger partial charge in [-0.25, -0.2) is 0 Å². The maximum Gasteiger partial charge on any atom is 0.398 e. The van der Waals surface area contributed by atoms with E-state index in [2.05, 4.69) is 0 Å². The van der Waals surface area contributed by atoms with Gasteiger partial charge in [0.1, 0.15) is 0 Å². The SMILES string of the molecule is Cl.Nc1ccc(C2(C(F)(F)F)CCC2)cc1. The third kappa shape index (κ3) is 1.86. The Hall–Kier alpha value is -0.900. The second-order valence-electron chi connectivity index (χ2n) is 4.06. The predicted octanol–water partition coefficient (Wildman–Crippen LogP) is 3.67. The minimum Gasteiger partial charge on any atom is -0.399 e. The number of hydrogen-bond acceptors (Lipinski definition) is 1. The summed E-state index contributed by atoms with van der Waals surface area (Å²) in [6.45, 7) is 0. The molecule has 16 heavy (non-hydrogen) atoms. The van der Waals surface area contributed by atoms with Crippen LogP contribution in [0.25, 0.3) is 0 Å². The van der Waals surface area contributed by atoms with E-state index < -0.39 is 11.6 Å². The van der Waals surface area contributed by atoms with E-state index in [9.17, 15) is 13.2 Å². The first-order chi connectivity index (χ1) is 6.96. The molecule has 0 aromatic heterocycles. The summed E-state index contributed by atoms with van der Waals surface area (Å²) in [5, 5.41) is 0. The van der Waals surface area contributed by atoms with Crippen LogP contribution in [0.2, 0.25) is 0 Å². The van der Waals surface area contributed by atoms with Crippen molar-refractivity contribution in [3.63, 3.8) is 0 Å². The Morgan fingerprint density at radius 3 is 1.88 bits per heavy atom. The van der Waals surface area contributed by atoms with Crippen molar-refractivity contribution in [2.75, 3.05) is 5.73 Å². The van der Waals surface area contributed by atoms with Gasteiger partial charge in [0.25, 0.3) is 0 Å². The van der Waals surface area contributed by atoms with Gasteiger partial charge >= 0.3 is 6.18 Å². The lowest BCUT2D eigenvalue weighted by Gasteiger charge is -2.43.